The lowest BCUT2D eigenvalue weighted by atomic mass is 9.97. The van der Waals surface area contributed by atoms with Crippen molar-refractivity contribution in [2.45, 2.75) is 24.3 Å². The summed E-state index contributed by atoms with van der Waals surface area (Å²) in [6.07, 6.45) is 0.717. The van der Waals surface area contributed by atoms with E-state index in [4.69, 9.17) is 0 Å². The van der Waals surface area contributed by atoms with Crippen molar-refractivity contribution in [3.05, 3.63) is 30.1 Å². The Morgan fingerprint density at radius 2 is 2.11 bits per heavy atom. The maximum Gasteiger partial charge on any atom is 0.243 e. The SMILES string of the molecule is C[C@H]1CNCC[C@H]1NS(=O)(=O)c1ccccc1F. The first-order valence-electron chi connectivity index (χ1n) is 5.98. The topological polar surface area (TPSA) is 58.2 Å². The van der Waals surface area contributed by atoms with Crippen molar-refractivity contribution in [2.24, 2.45) is 5.92 Å². The van der Waals surface area contributed by atoms with Crippen molar-refractivity contribution < 1.29 is 12.8 Å². The smallest absolute Gasteiger partial charge is 0.243 e. The Bertz CT molecular complexity index is 519. The standard InChI is InChI=1S/C12H17FN2O2S/c1-9-8-14-7-6-11(9)15-18(16,17)12-5-3-2-4-10(12)13/h2-5,9,11,14-15H,6-8H2,1H3/t9-,11+/m0/s1. The van der Waals surface area contributed by atoms with Crippen molar-refractivity contribution in [3.63, 3.8) is 0 Å². The third-order valence-electron chi connectivity index (χ3n) is 3.22. The fraction of sp³-hybridized carbons (Fsp3) is 0.500. The van der Waals surface area contributed by atoms with Gasteiger partial charge in [0.15, 0.2) is 0 Å². The molecule has 0 spiro atoms. The number of nitrogens with one attached hydrogen (secondary N) is 2. The van der Waals surface area contributed by atoms with E-state index in [1.807, 2.05) is 6.92 Å². The molecule has 4 nitrogen and oxygen atoms in total. The molecule has 1 saturated heterocycles. The Hall–Kier alpha value is -0.980. The highest BCUT2D eigenvalue weighted by molar-refractivity contribution is 7.89. The van der Waals surface area contributed by atoms with Crippen LogP contribution in [0.25, 0.3) is 0 Å². The van der Waals surface area contributed by atoms with Gasteiger partial charge in [0.25, 0.3) is 0 Å². The molecule has 2 atom stereocenters. The van der Waals surface area contributed by atoms with E-state index < -0.39 is 15.8 Å². The average Bonchev–Trinajstić information content (AvgIpc) is 2.32. The molecule has 0 amide bonds. The number of piperidine rings is 1. The zero-order valence-electron chi connectivity index (χ0n) is 10.2. The van der Waals surface area contributed by atoms with Crippen LogP contribution < -0.4 is 10.0 Å². The number of sulfonamides is 1. The second-order valence-corrected chi connectivity index (χ2v) is 6.31. The van der Waals surface area contributed by atoms with E-state index in [9.17, 15) is 12.8 Å². The molecule has 0 bridgehead atoms. The van der Waals surface area contributed by atoms with Gasteiger partial charge in [-0.05, 0) is 37.6 Å². The van der Waals surface area contributed by atoms with Crippen LogP contribution in [-0.2, 0) is 10.0 Å². The third-order valence-corrected chi connectivity index (χ3v) is 4.74. The molecule has 2 N–H and O–H groups in total. The number of hydrogen-bond acceptors (Lipinski definition) is 3. The monoisotopic (exact) mass is 272 g/mol. The summed E-state index contributed by atoms with van der Waals surface area (Å²) in [5.41, 5.74) is 0. The van der Waals surface area contributed by atoms with Gasteiger partial charge < -0.3 is 5.32 Å². The Balaban J connectivity index is 2.19. The number of hydrogen-bond donors (Lipinski definition) is 2. The largest absolute Gasteiger partial charge is 0.316 e. The number of rotatable bonds is 3. The quantitative estimate of drug-likeness (QED) is 0.866. The number of halogens is 1. The van der Waals surface area contributed by atoms with E-state index in [-0.39, 0.29) is 16.9 Å². The molecule has 2 rings (SSSR count). The molecule has 1 aliphatic heterocycles. The summed E-state index contributed by atoms with van der Waals surface area (Å²) in [6, 6.07) is 5.28. The summed E-state index contributed by atoms with van der Waals surface area (Å²) in [6.45, 7) is 3.51. The molecule has 18 heavy (non-hydrogen) atoms. The van der Waals surface area contributed by atoms with E-state index in [1.54, 1.807) is 0 Å². The van der Waals surface area contributed by atoms with Crippen molar-refractivity contribution >= 4 is 10.0 Å². The maximum atomic E-state index is 13.5. The first kappa shape index (κ1) is 13.5. The molecule has 0 saturated carbocycles. The lowest BCUT2D eigenvalue weighted by molar-refractivity contribution is 0.327. The molecule has 1 fully saturated rings. The molecule has 0 aromatic heterocycles. The molecule has 1 aliphatic rings. The summed E-state index contributed by atoms with van der Waals surface area (Å²) < 4.78 is 40.3. The summed E-state index contributed by atoms with van der Waals surface area (Å²) >= 11 is 0. The molecule has 6 heteroatoms. The second kappa shape index (κ2) is 5.34. The Labute approximate surface area is 107 Å². The predicted octanol–water partition coefficient (Wildman–Crippen LogP) is 1.10. The second-order valence-electron chi connectivity index (χ2n) is 4.63. The normalized spacial score (nSPS) is 25.0. The van der Waals surface area contributed by atoms with Gasteiger partial charge in [-0.15, -0.1) is 0 Å². The lowest BCUT2D eigenvalue weighted by Crippen LogP contribution is -2.48. The first-order valence-corrected chi connectivity index (χ1v) is 7.46. The lowest BCUT2D eigenvalue weighted by Gasteiger charge is -2.29. The van der Waals surface area contributed by atoms with Crippen LogP contribution in [0, 0.1) is 11.7 Å². The highest BCUT2D eigenvalue weighted by Gasteiger charge is 2.27. The Morgan fingerprint density at radius 3 is 2.78 bits per heavy atom. The summed E-state index contributed by atoms with van der Waals surface area (Å²) in [5, 5.41) is 3.19. The molecule has 1 aromatic carbocycles. The number of benzene rings is 1. The average molecular weight is 272 g/mol. The fourth-order valence-electron chi connectivity index (χ4n) is 2.11. The van der Waals surface area contributed by atoms with Gasteiger partial charge in [0.2, 0.25) is 10.0 Å². The van der Waals surface area contributed by atoms with Crippen LogP contribution >= 0.6 is 0 Å². The van der Waals surface area contributed by atoms with E-state index >= 15 is 0 Å². The van der Waals surface area contributed by atoms with Crippen molar-refractivity contribution in [1.29, 1.82) is 0 Å². The first-order chi connectivity index (χ1) is 8.50. The van der Waals surface area contributed by atoms with Crippen LogP contribution in [0.5, 0.6) is 0 Å². The fourth-order valence-corrected chi connectivity index (χ4v) is 3.57. The van der Waals surface area contributed by atoms with Crippen molar-refractivity contribution in [3.8, 4) is 0 Å². The van der Waals surface area contributed by atoms with Gasteiger partial charge in [-0.25, -0.2) is 17.5 Å². The van der Waals surface area contributed by atoms with Gasteiger partial charge in [0.05, 0.1) is 0 Å². The summed E-state index contributed by atoms with van der Waals surface area (Å²) in [4.78, 5) is -0.282. The van der Waals surface area contributed by atoms with E-state index in [1.165, 1.54) is 18.2 Å². The van der Waals surface area contributed by atoms with Gasteiger partial charge in [-0.2, -0.15) is 0 Å². The Kier molecular flexibility index (Phi) is 3.99. The Morgan fingerprint density at radius 1 is 1.39 bits per heavy atom. The van der Waals surface area contributed by atoms with Gasteiger partial charge in [0, 0.05) is 6.04 Å². The van der Waals surface area contributed by atoms with E-state index in [0.29, 0.717) is 0 Å². The summed E-state index contributed by atoms with van der Waals surface area (Å²) in [7, 11) is -3.78. The van der Waals surface area contributed by atoms with E-state index in [2.05, 4.69) is 10.0 Å². The highest BCUT2D eigenvalue weighted by atomic mass is 32.2. The molecule has 0 unspecified atom stereocenters. The highest BCUT2D eigenvalue weighted by Crippen LogP contribution is 2.17. The van der Waals surface area contributed by atoms with Crippen LogP contribution in [0.3, 0.4) is 0 Å². The van der Waals surface area contributed by atoms with Crippen molar-refractivity contribution in [1.82, 2.24) is 10.0 Å². The molecule has 1 aromatic rings. The minimum Gasteiger partial charge on any atom is -0.316 e. The zero-order chi connectivity index (χ0) is 13.2. The van der Waals surface area contributed by atoms with Gasteiger partial charge in [0.1, 0.15) is 10.7 Å². The van der Waals surface area contributed by atoms with Gasteiger partial charge in [-0.3, -0.25) is 0 Å². The van der Waals surface area contributed by atoms with Crippen LogP contribution in [0.2, 0.25) is 0 Å². The molecule has 1 heterocycles. The minimum atomic E-state index is -3.78. The van der Waals surface area contributed by atoms with Crippen LogP contribution in [0.15, 0.2) is 29.2 Å². The third kappa shape index (κ3) is 2.88. The van der Waals surface area contributed by atoms with Crippen LogP contribution in [0.4, 0.5) is 4.39 Å². The van der Waals surface area contributed by atoms with E-state index in [0.717, 1.165) is 25.6 Å². The molecular formula is C12H17FN2O2S. The van der Waals surface area contributed by atoms with Gasteiger partial charge in [-0.1, -0.05) is 19.1 Å². The molecule has 0 radical (unpaired) electrons. The zero-order valence-corrected chi connectivity index (χ0v) is 11.0. The molecule has 0 aliphatic carbocycles. The molecular weight excluding hydrogens is 255 g/mol. The van der Waals surface area contributed by atoms with Crippen LogP contribution in [-0.4, -0.2) is 27.5 Å². The van der Waals surface area contributed by atoms with Crippen molar-refractivity contribution in [2.75, 3.05) is 13.1 Å². The maximum absolute atomic E-state index is 13.5. The minimum absolute atomic E-state index is 0.143. The van der Waals surface area contributed by atoms with Crippen LogP contribution in [0.1, 0.15) is 13.3 Å². The molecule has 100 valence electrons. The summed E-state index contributed by atoms with van der Waals surface area (Å²) in [5.74, 6) is -0.521. The van der Waals surface area contributed by atoms with Gasteiger partial charge >= 0.3 is 0 Å². The predicted molar refractivity (Wildman–Crippen MR) is 67.2 cm³/mol.